The fourth-order valence-corrected chi connectivity index (χ4v) is 1.98. The summed E-state index contributed by atoms with van der Waals surface area (Å²) >= 11 is 0. The molecule has 94 valence electrons. The molecule has 0 aromatic heterocycles. The minimum atomic E-state index is -1.11. The number of aliphatic hydroxyl groups excluding tert-OH is 2. The highest BCUT2D eigenvalue weighted by Crippen LogP contribution is 2.27. The SMILES string of the molecule is C=C1C=CN([C@@H]2O[C@H](CC)[C@H](O)[C@@H]2O)C(=O)N1. The Bertz CT molecular complexity index is 368. The van der Waals surface area contributed by atoms with Crippen LogP contribution in [0.25, 0.3) is 0 Å². The molecule has 3 N–H and O–H groups in total. The van der Waals surface area contributed by atoms with Gasteiger partial charge in [0.25, 0.3) is 0 Å². The van der Waals surface area contributed by atoms with Crippen molar-refractivity contribution in [3.05, 3.63) is 24.6 Å². The quantitative estimate of drug-likeness (QED) is 0.629. The number of ether oxygens (including phenoxy) is 1. The first kappa shape index (κ1) is 12.1. The number of hydrogen-bond donors (Lipinski definition) is 3. The van der Waals surface area contributed by atoms with Crippen molar-refractivity contribution in [2.24, 2.45) is 0 Å². The molecule has 6 nitrogen and oxygen atoms in total. The molecule has 0 spiro atoms. The van der Waals surface area contributed by atoms with Crippen LogP contribution in [0, 0.1) is 0 Å². The normalized spacial score (nSPS) is 37.5. The molecule has 0 aromatic carbocycles. The number of hydrogen-bond acceptors (Lipinski definition) is 4. The van der Waals surface area contributed by atoms with Gasteiger partial charge in [-0.15, -0.1) is 0 Å². The first-order chi connectivity index (χ1) is 8.04. The lowest BCUT2D eigenvalue weighted by Crippen LogP contribution is -2.49. The summed E-state index contributed by atoms with van der Waals surface area (Å²) in [6, 6.07) is -0.425. The van der Waals surface area contributed by atoms with Crippen LogP contribution in [0.5, 0.6) is 0 Å². The summed E-state index contributed by atoms with van der Waals surface area (Å²) in [4.78, 5) is 12.9. The Kier molecular flexibility index (Phi) is 3.19. The van der Waals surface area contributed by atoms with E-state index in [4.69, 9.17) is 4.74 Å². The topological polar surface area (TPSA) is 82.0 Å². The van der Waals surface area contributed by atoms with Gasteiger partial charge in [-0.25, -0.2) is 4.79 Å². The highest BCUT2D eigenvalue weighted by atomic mass is 16.6. The molecular weight excluding hydrogens is 224 g/mol. The molecule has 17 heavy (non-hydrogen) atoms. The zero-order valence-electron chi connectivity index (χ0n) is 9.54. The van der Waals surface area contributed by atoms with Crippen LogP contribution < -0.4 is 5.32 Å². The summed E-state index contributed by atoms with van der Waals surface area (Å²) in [5.41, 5.74) is 0.478. The van der Waals surface area contributed by atoms with E-state index in [-0.39, 0.29) is 0 Å². The molecule has 0 radical (unpaired) electrons. The van der Waals surface area contributed by atoms with E-state index in [1.165, 1.54) is 11.1 Å². The van der Waals surface area contributed by atoms with Crippen molar-refractivity contribution in [2.45, 2.75) is 37.9 Å². The largest absolute Gasteiger partial charge is 0.388 e. The van der Waals surface area contributed by atoms with Gasteiger partial charge in [-0.2, -0.15) is 0 Å². The average molecular weight is 240 g/mol. The minimum Gasteiger partial charge on any atom is -0.388 e. The van der Waals surface area contributed by atoms with E-state index < -0.39 is 30.6 Å². The Hall–Kier alpha value is -1.37. The number of nitrogens with zero attached hydrogens (tertiary/aromatic N) is 1. The Balaban J connectivity index is 2.16. The third-order valence-corrected chi connectivity index (χ3v) is 2.95. The van der Waals surface area contributed by atoms with Crippen LogP contribution in [0.3, 0.4) is 0 Å². The van der Waals surface area contributed by atoms with Gasteiger partial charge < -0.3 is 20.3 Å². The van der Waals surface area contributed by atoms with Crippen molar-refractivity contribution < 1.29 is 19.7 Å². The van der Waals surface area contributed by atoms with E-state index in [9.17, 15) is 15.0 Å². The Morgan fingerprint density at radius 3 is 2.76 bits per heavy atom. The van der Waals surface area contributed by atoms with Gasteiger partial charge in [0, 0.05) is 11.9 Å². The molecule has 0 aromatic rings. The van der Waals surface area contributed by atoms with Crippen LogP contribution in [-0.2, 0) is 4.74 Å². The third-order valence-electron chi connectivity index (χ3n) is 2.95. The van der Waals surface area contributed by atoms with E-state index in [1.54, 1.807) is 6.08 Å². The summed E-state index contributed by atoms with van der Waals surface area (Å²) in [6.07, 6.45) is 0.252. The van der Waals surface area contributed by atoms with E-state index in [2.05, 4.69) is 11.9 Å². The second-order valence-corrected chi connectivity index (χ2v) is 4.13. The maximum Gasteiger partial charge on any atom is 0.328 e. The van der Waals surface area contributed by atoms with Crippen LogP contribution in [0.2, 0.25) is 0 Å². The minimum absolute atomic E-state index is 0.425. The first-order valence-electron chi connectivity index (χ1n) is 5.52. The van der Waals surface area contributed by atoms with Gasteiger partial charge >= 0.3 is 6.03 Å². The number of aliphatic hydroxyl groups is 2. The fraction of sp³-hybridized carbons (Fsp3) is 0.545. The number of carbonyl (C=O) groups excluding carboxylic acids is 1. The smallest absolute Gasteiger partial charge is 0.328 e. The van der Waals surface area contributed by atoms with Gasteiger partial charge in [0.05, 0.1) is 6.10 Å². The van der Waals surface area contributed by atoms with Gasteiger partial charge in [0.15, 0.2) is 6.23 Å². The predicted octanol–water partition coefficient (Wildman–Crippen LogP) is -0.104. The molecule has 2 aliphatic rings. The Labute approximate surface area is 99.2 Å². The van der Waals surface area contributed by atoms with E-state index in [0.29, 0.717) is 12.1 Å². The Morgan fingerprint density at radius 2 is 2.24 bits per heavy atom. The standard InChI is InChI=1S/C11H16N2O4/c1-3-7-8(14)9(15)10(17-7)13-5-4-6(2)12-11(13)16/h4-5,7-10,14-15H,2-3H2,1H3,(H,12,16)/t7-,8+,9+,10-/m1/s1. The monoisotopic (exact) mass is 240 g/mol. The molecule has 2 aliphatic heterocycles. The maximum atomic E-state index is 11.7. The first-order valence-corrected chi connectivity index (χ1v) is 5.52. The van der Waals surface area contributed by atoms with Crippen molar-refractivity contribution in [3.63, 3.8) is 0 Å². The van der Waals surface area contributed by atoms with Crippen molar-refractivity contribution in [2.75, 3.05) is 0 Å². The highest BCUT2D eigenvalue weighted by Gasteiger charge is 2.46. The van der Waals surface area contributed by atoms with E-state index >= 15 is 0 Å². The summed E-state index contributed by atoms with van der Waals surface area (Å²) in [5, 5.41) is 22.1. The van der Waals surface area contributed by atoms with E-state index in [1.807, 2.05) is 6.92 Å². The van der Waals surface area contributed by atoms with Crippen molar-refractivity contribution in [1.29, 1.82) is 0 Å². The summed E-state index contributed by atoms with van der Waals surface area (Å²) in [5.74, 6) is 0. The van der Waals surface area contributed by atoms with Gasteiger partial charge in [0.1, 0.15) is 12.2 Å². The van der Waals surface area contributed by atoms with Crippen molar-refractivity contribution >= 4 is 6.03 Å². The number of allylic oxidation sites excluding steroid dienone is 1. The molecular formula is C11H16N2O4. The number of nitrogens with one attached hydrogen (secondary N) is 1. The number of rotatable bonds is 2. The summed E-state index contributed by atoms with van der Waals surface area (Å²) in [7, 11) is 0. The molecule has 0 bridgehead atoms. The maximum absolute atomic E-state index is 11.7. The molecule has 0 unspecified atom stereocenters. The second kappa shape index (κ2) is 4.48. The van der Waals surface area contributed by atoms with Gasteiger partial charge in [-0.3, -0.25) is 4.90 Å². The van der Waals surface area contributed by atoms with Crippen molar-refractivity contribution in [3.8, 4) is 0 Å². The second-order valence-electron chi connectivity index (χ2n) is 4.13. The third kappa shape index (κ3) is 2.06. The average Bonchev–Trinajstić information content (AvgIpc) is 2.57. The lowest BCUT2D eigenvalue weighted by Gasteiger charge is -2.30. The van der Waals surface area contributed by atoms with Crippen LogP contribution in [-0.4, -0.2) is 45.7 Å². The molecule has 1 saturated heterocycles. The molecule has 4 atom stereocenters. The molecule has 1 fully saturated rings. The van der Waals surface area contributed by atoms with Crippen LogP contribution >= 0.6 is 0 Å². The molecule has 0 aliphatic carbocycles. The summed E-state index contributed by atoms with van der Waals surface area (Å²) < 4.78 is 5.46. The van der Waals surface area contributed by atoms with Gasteiger partial charge in [-0.1, -0.05) is 13.5 Å². The molecule has 6 heteroatoms. The number of carbonyl (C=O) groups is 1. The lowest BCUT2D eigenvalue weighted by molar-refractivity contribution is -0.0536. The molecule has 2 heterocycles. The van der Waals surface area contributed by atoms with Crippen LogP contribution in [0.15, 0.2) is 24.6 Å². The highest BCUT2D eigenvalue weighted by molar-refractivity contribution is 5.79. The van der Waals surface area contributed by atoms with Crippen LogP contribution in [0.1, 0.15) is 13.3 Å². The lowest BCUT2D eigenvalue weighted by atomic mass is 10.1. The molecule has 2 amide bonds. The van der Waals surface area contributed by atoms with E-state index in [0.717, 1.165) is 0 Å². The molecule has 0 saturated carbocycles. The zero-order valence-corrected chi connectivity index (χ0v) is 9.54. The molecule has 2 rings (SSSR count). The predicted molar refractivity (Wildman–Crippen MR) is 59.6 cm³/mol. The Morgan fingerprint density at radius 1 is 1.53 bits per heavy atom. The van der Waals surface area contributed by atoms with Gasteiger partial charge in [0.2, 0.25) is 0 Å². The summed E-state index contributed by atoms with van der Waals surface area (Å²) in [6.45, 7) is 5.44. The van der Waals surface area contributed by atoms with Crippen LogP contribution in [0.4, 0.5) is 4.79 Å². The fourth-order valence-electron chi connectivity index (χ4n) is 1.98. The number of urea groups is 1. The van der Waals surface area contributed by atoms with Crippen molar-refractivity contribution in [1.82, 2.24) is 10.2 Å². The zero-order chi connectivity index (χ0) is 12.6. The van der Waals surface area contributed by atoms with Gasteiger partial charge in [-0.05, 0) is 12.5 Å². The number of amides is 2.